The van der Waals surface area contributed by atoms with E-state index >= 15 is 0 Å². The highest BCUT2D eigenvalue weighted by Gasteiger charge is 2.20. The molecule has 0 aromatic heterocycles. The zero-order valence-electron chi connectivity index (χ0n) is 14.7. The number of carbonyl (C=O) groups is 2. The first-order valence-electron chi connectivity index (χ1n) is 8.15. The average Bonchev–Trinajstić information content (AvgIpc) is 2.71. The molecule has 1 heterocycles. The smallest absolute Gasteiger partial charge is 0.340 e. The lowest BCUT2D eigenvalue weighted by Gasteiger charge is -2.18. The lowest BCUT2D eigenvalue weighted by atomic mass is 10.1. The van der Waals surface area contributed by atoms with Gasteiger partial charge in [0.05, 0.1) is 15.5 Å². The molecule has 0 saturated heterocycles. The highest BCUT2D eigenvalue weighted by molar-refractivity contribution is 7.89. The number of carbonyl (C=O) groups excluding carboxylic acids is 2. The molecule has 1 aliphatic rings. The average molecular weight is 426 g/mol. The van der Waals surface area contributed by atoms with Gasteiger partial charge in [-0.25, -0.2) is 17.9 Å². The van der Waals surface area contributed by atoms with Crippen molar-refractivity contribution in [2.75, 3.05) is 26.9 Å². The van der Waals surface area contributed by atoms with Crippen molar-refractivity contribution in [1.29, 1.82) is 0 Å². The van der Waals surface area contributed by atoms with E-state index in [1.54, 1.807) is 6.07 Å². The molecule has 0 atom stereocenters. The largest absolute Gasteiger partial charge is 0.486 e. The van der Waals surface area contributed by atoms with Crippen molar-refractivity contribution in [1.82, 2.24) is 4.72 Å². The second kappa shape index (κ2) is 8.17. The number of esters is 1. The van der Waals surface area contributed by atoms with Crippen LogP contribution in [0.2, 0.25) is 5.02 Å². The SMILES string of the molecule is CNS(=O)(=O)c1ccc(Cl)c(C(=O)OCC(=O)c2ccc3c(c2)OCCO3)c1. The van der Waals surface area contributed by atoms with Crippen molar-refractivity contribution >= 4 is 33.4 Å². The fourth-order valence-electron chi connectivity index (χ4n) is 2.45. The number of rotatable bonds is 6. The van der Waals surface area contributed by atoms with E-state index in [2.05, 4.69) is 4.72 Å². The molecule has 0 aliphatic carbocycles. The quantitative estimate of drug-likeness (QED) is 0.557. The van der Waals surface area contributed by atoms with E-state index in [9.17, 15) is 18.0 Å². The molecular formula is C18H16ClNO7S. The first-order valence-corrected chi connectivity index (χ1v) is 10.0. The fourth-order valence-corrected chi connectivity index (χ4v) is 3.41. The van der Waals surface area contributed by atoms with Crippen LogP contribution in [-0.4, -0.2) is 47.0 Å². The van der Waals surface area contributed by atoms with Crippen molar-refractivity contribution < 1.29 is 32.2 Å². The predicted molar refractivity (Wildman–Crippen MR) is 99.7 cm³/mol. The van der Waals surface area contributed by atoms with Crippen molar-refractivity contribution in [3.63, 3.8) is 0 Å². The van der Waals surface area contributed by atoms with E-state index < -0.39 is 28.4 Å². The maximum absolute atomic E-state index is 12.3. The molecule has 0 saturated carbocycles. The summed E-state index contributed by atoms with van der Waals surface area (Å²) in [4.78, 5) is 24.4. The van der Waals surface area contributed by atoms with Gasteiger partial charge in [0.15, 0.2) is 23.9 Å². The van der Waals surface area contributed by atoms with Crippen molar-refractivity contribution in [2.24, 2.45) is 0 Å². The van der Waals surface area contributed by atoms with Crippen LogP contribution < -0.4 is 14.2 Å². The summed E-state index contributed by atoms with van der Waals surface area (Å²) in [7, 11) is -2.52. The van der Waals surface area contributed by atoms with E-state index in [-0.39, 0.29) is 21.0 Å². The molecule has 0 fully saturated rings. The second-order valence-corrected chi connectivity index (χ2v) is 8.00. The topological polar surface area (TPSA) is 108 Å². The Kier molecular flexibility index (Phi) is 5.87. The van der Waals surface area contributed by atoms with Crippen molar-refractivity contribution in [2.45, 2.75) is 4.90 Å². The molecule has 0 radical (unpaired) electrons. The molecule has 1 N–H and O–H groups in total. The molecule has 10 heteroatoms. The van der Waals surface area contributed by atoms with E-state index in [0.29, 0.717) is 24.7 Å². The van der Waals surface area contributed by atoms with Gasteiger partial charge in [-0.2, -0.15) is 0 Å². The summed E-state index contributed by atoms with van der Waals surface area (Å²) in [5.41, 5.74) is 0.127. The molecule has 1 aliphatic heterocycles. The molecule has 3 rings (SSSR count). The molecule has 0 unspecified atom stereocenters. The number of ketones is 1. The Hall–Kier alpha value is -2.62. The number of ether oxygens (including phenoxy) is 3. The lowest BCUT2D eigenvalue weighted by Crippen LogP contribution is -2.20. The molecule has 2 aromatic rings. The van der Waals surface area contributed by atoms with Crippen LogP contribution >= 0.6 is 11.6 Å². The predicted octanol–water partition coefficient (Wildman–Crippen LogP) is 2.06. The number of hydrogen-bond acceptors (Lipinski definition) is 7. The maximum Gasteiger partial charge on any atom is 0.340 e. The third-order valence-electron chi connectivity index (χ3n) is 3.94. The molecule has 148 valence electrons. The van der Waals surface area contributed by atoms with Gasteiger partial charge < -0.3 is 14.2 Å². The Morgan fingerprint density at radius 1 is 1.11 bits per heavy atom. The first-order chi connectivity index (χ1) is 13.3. The monoisotopic (exact) mass is 425 g/mol. The van der Waals surface area contributed by atoms with Crippen molar-refractivity contribution in [3.8, 4) is 11.5 Å². The van der Waals surface area contributed by atoms with E-state index in [1.807, 2.05) is 0 Å². The standard InChI is InChI=1S/C18H16ClNO7S/c1-20-28(23,24)12-3-4-14(19)13(9-12)18(22)27-10-15(21)11-2-5-16-17(8-11)26-7-6-25-16/h2-5,8-9,20H,6-7,10H2,1H3. The number of benzene rings is 2. The summed E-state index contributed by atoms with van der Waals surface area (Å²) in [5, 5.41) is 0.00633. The molecule has 28 heavy (non-hydrogen) atoms. The van der Waals surface area contributed by atoms with Crippen LogP contribution in [-0.2, 0) is 14.8 Å². The Morgan fingerprint density at radius 2 is 1.82 bits per heavy atom. The van der Waals surface area contributed by atoms with Crippen LogP contribution in [0.5, 0.6) is 11.5 Å². The highest BCUT2D eigenvalue weighted by atomic mass is 35.5. The van der Waals surface area contributed by atoms with E-state index in [4.69, 9.17) is 25.8 Å². The van der Waals surface area contributed by atoms with Gasteiger partial charge >= 0.3 is 5.97 Å². The summed E-state index contributed by atoms with van der Waals surface area (Å²) < 4.78 is 41.7. The molecule has 8 nitrogen and oxygen atoms in total. The first kappa shape index (κ1) is 20.1. The Morgan fingerprint density at radius 3 is 2.54 bits per heavy atom. The van der Waals surface area contributed by atoms with Gasteiger partial charge in [-0.15, -0.1) is 0 Å². The normalized spacial score (nSPS) is 13.1. The Labute approximate surface area is 166 Å². The highest BCUT2D eigenvalue weighted by Crippen LogP contribution is 2.31. The lowest BCUT2D eigenvalue weighted by molar-refractivity contribution is 0.0474. The van der Waals surface area contributed by atoms with Crippen LogP contribution in [0.1, 0.15) is 20.7 Å². The molecule has 0 amide bonds. The summed E-state index contributed by atoms with van der Waals surface area (Å²) in [6.45, 7) is 0.267. The number of fused-ring (bicyclic) bond motifs is 1. The van der Waals surface area contributed by atoms with Crippen LogP contribution in [0.3, 0.4) is 0 Å². The van der Waals surface area contributed by atoms with Gasteiger partial charge in [-0.05, 0) is 43.4 Å². The fraction of sp³-hybridized carbons (Fsp3) is 0.222. The molecule has 2 aromatic carbocycles. The molecule has 0 spiro atoms. The number of halogens is 1. The third kappa shape index (κ3) is 4.27. The molecular weight excluding hydrogens is 410 g/mol. The second-order valence-electron chi connectivity index (χ2n) is 5.71. The third-order valence-corrected chi connectivity index (χ3v) is 5.68. The number of Topliss-reactive ketones (excluding diaryl/α,β-unsaturated/α-hetero) is 1. The van der Waals surface area contributed by atoms with Crippen LogP contribution in [0.25, 0.3) is 0 Å². The zero-order chi connectivity index (χ0) is 20.3. The van der Waals surface area contributed by atoms with Gasteiger partial charge in [0.1, 0.15) is 13.2 Å². The molecule has 0 bridgehead atoms. The number of sulfonamides is 1. The van der Waals surface area contributed by atoms with Gasteiger partial charge in [0.2, 0.25) is 10.0 Å². The van der Waals surface area contributed by atoms with Gasteiger partial charge in [-0.1, -0.05) is 11.6 Å². The Bertz CT molecular complexity index is 1040. The minimum atomic E-state index is -3.76. The summed E-state index contributed by atoms with van der Waals surface area (Å²) in [5.74, 6) is -0.393. The van der Waals surface area contributed by atoms with Crippen LogP contribution in [0, 0.1) is 0 Å². The summed E-state index contributed by atoms with van der Waals surface area (Å²) in [6, 6.07) is 8.27. The Balaban J connectivity index is 1.72. The van der Waals surface area contributed by atoms with E-state index in [1.165, 1.54) is 31.3 Å². The van der Waals surface area contributed by atoms with Gasteiger partial charge in [-0.3, -0.25) is 4.79 Å². The minimum Gasteiger partial charge on any atom is -0.486 e. The van der Waals surface area contributed by atoms with Crippen LogP contribution in [0.15, 0.2) is 41.3 Å². The van der Waals surface area contributed by atoms with Gasteiger partial charge in [0, 0.05) is 5.56 Å². The minimum absolute atomic E-state index is 0.00633. The number of nitrogens with one attached hydrogen (secondary N) is 1. The summed E-state index contributed by atoms with van der Waals surface area (Å²) >= 11 is 5.96. The summed E-state index contributed by atoms with van der Waals surface area (Å²) in [6.07, 6.45) is 0. The zero-order valence-corrected chi connectivity index (χ0v) is 16.3. The van der Waals surface area contributed by atoms with Gasteiger partial charge in [0.25, 0.3) is 0 Å². The number of hydrogen-bond donors (Lipinski definition) is 1. The van der Waals surface area contributed by atoms with Crippen molar-refractivity contribution in [3.05, 3.63) is 52.5 Å². The maximum atomic E-state index is 12.3. The van der Waals surface area contributed by atoms with E-state index in [0.717, 1.165) is 6.07 Å². The van der Waals surface area contributed by atoms with Crippen LogP contribution in [0.4, 0.5) is 0 Å².